The van der Waals surface area contributed by atoms with Gasteiger partial charge in [-0.15, -0.1) is 0 Å². The fourth-order valence-corrected chi connectivity index (χ4v) is 1.26. The van der Waals surface area contributed by atoms with E-state index in [4.69, 9.17) is 0 Å². The number of ketones is 1. The Morgan fingerprint density at radius 2 is 2.29 bits per heavy atom. The molecule has 0 spiro atoms. The second kappa shape index (κ2) is 3.41. The van der Waals surface area contributed by atoms with Gasteiger partial charge in [-0.1, -0.05) is 0 Å². The van der Waals surface area contributed by atoms with Gasteiger partial charge in [-0.3, -0.25) is 9.36 Å². The Kier molecular flexibility index (Phi) is 2.10. The molecule has 0 amide bonds. The second-order valence-electron chi connectivity index (χ2n) is 2.90. The third kappa shape index (κ3) is 1.42. The van der Waals surface area contributed by atoms with E-state index in [9.17, 15) is 4.79 Å². The van der Waals surface area contributed by atoms with Crippen LogP contribution in [0.4, 0.5) is 0 Å². The van der Waals surface area contributed by atoms with Gasteiger partial charge in [-0.2, -0.15) is 0 Å². The predicted octanol–water partition coefficient (Wildman–Crippen LogP) is 1.47. The first kappa shape index (κ1) is 8.62. The maximum absolute atomic E-state index is 11.3. The Bertz CT molecular complexity index is 448. The molecule has 2 aromatic rings. The smallest absolute Gasteiger partial charge is 0.163 e. The largest absolute Gasteiger partial charge is 0.294 e. The summed E-state index contributed by atoms with van der Waals surface area (Å²) < 4.78 is 1.72. The Hall–Kier alpha value is -1.97. The van der Waals surface area contributed by atoms with Crippen LogP contribution in [0.25, 0.3) is 5.82 Å². The normalized spacial score (nSPS) is 10.1. The molecule has 0 saturated heterocycles. The van der Waals surface area contributed by atoms with Crippen molar-refractivity contribution in [3.05, 3.63) is 42.6 Å². The first-order chi connectivity index (χ1) is 6.79. The highest BCUT2D eigenvalue weighted by atomic mass is 16.1. The number of Topliss-reactive ketones (excluding diaryl/α,β-unsaturated/α-hetero) is 1. The Labute approximate surface area is 81.2 Å². The van der Waals surface area contributed by atoms with Crippen molar-refractivity contribution in [2.24, 2.45) is 0 Å². The minimum atomic E-state index is 0.00167. The van der Waals surface area contributed by atoms with E-state index < -0.39 is 0 Å². The van der Waals surface area contributed by atoms with Crippen LogP contribution in [0.5, 0.6) is 0 Å². The number of rotatable bonds is 2. The molecule has 2 heterocycles. The highest BCUT2D eigenvalue weighted by Gasteiger charge is 2.08. The van der Waals surface area contributed by atoms with Crippen molar-refractivity contribution in [1.29, 1.82) is 0 Å². The molecular weight excluding hydrogens is 178 g/mol. The SMILES string of the molecule is CC(=O)c1cccnc1-n1ccnc1. The fraction of sp³-hybridized carbons (Fsp3) is 0.100. The van der Waals surface area contributed by atoms with Gasteiger partial charge >= 0.3 is 0 Å². The van der Waals surface area contributed by atoms with Gasteiger partial charge in [-0.25, -0.2) is 9.97 Å². The van der Waals surface area contributed by atoms with Gasteiger partial charge < -0.3 is 0 Å². The third-order valence-electron chi connectivity index (χ3n) is 1.91. The first-order valence-electron chi connectivity index (χ1n) is 4.23. The summed E-state index contributed by atoms with van der Waals surface area (Å²) in [6, 6.07) is 3.50. The van der Waals surface area contributed by atoms with Crippen LogP contribution in [0, 0.1) is 0 Å². The maximum atomic E-state index is 11.3. The van der Waals surface area contributed by atoms with Gasteiger partial charge in [0.05, 0.1) is 5.56 Å². The lowest BCUT2D eigenvalue weighted by atomic mass is 10.2. The summed E-state index contributed by atoms with van der Waals surface area (Å²) in [4.78, 5) is 19.3. The molecule has 4 heteroatoms. The van der Waals surface area contributed by atoms with Crippen molar-refractivity contribution in [2.45, 2.75) is 6.92 Å². The molecule has 2 rings (SSSR count). The maximum Gasteiger partial charge on any atom is 0.163 e. The van der Waals surface area contributed by atoms with Gasteiger partial charge in [0.25, 0.3) is 0 Å². The van der Waals surface area contributed by atoms with Crippen LogP contribution in [0.2, 0.25) is 0 Å². The molecule has 0 bridgehead atoms. The van der Waals surface area contributed by atoms with Gasteiger partial charge in [0.2, 0.25) is 0 Å². The molecular formula is C10H9N3O. The van der Waals surface area contributed by atoms with E-state index in [-0.39, 0.29) is 5.78 Å². The fourth-order valence-electron chi connectivity index (χ4n) is 1.26. The predicted molar refractivity (Wildman–Crippen MR) is 51.4 cm³/mol. The molecule has 0 unspecified atom stereocenters. The van der Waals surface area contributed by atoms with E-state index in [1.807, 2.05) is 0 Å². The van der Waals surface area contributed by atoms with E-state index in [1.54, 1.807) is 41.6 Å². The number of carbonyl (C=O) groups is 1. The van der Waals surface area contributed by atoms with Crippen LogP contribution in [0.15, 0.2) is 37.1 Å². The van der Waals surface area contributed by atoms with Crippen LogP contribution >= 0.6 is 0 Å². The lowest BCUT2D eigenvalue weighted by Crippen LogP contribution is -2.03. The quantitative estimate of drug-likeness (QED) is 0.669. The molecule has 0 aliphatic carbocycles. The van der Waals surface area contributed by atoms with Crippen molar-refractivity contribution in [3.8, 4) is 5.82 Å². The van der Waals surface area contributed by atoms with Crippen molar-refractivity contribution in [2.75, 3.05) is 0 Å². The van der Waals surface area contributed by atoms with Gasteiger partial charge in [0.1, 0.15) is 12.1 Å². The van der Waals surface area contributed by atoms with E-state index in [2.05, 4.69) is 9.97 Å². The van der Waals surface area contributed by atoms with Crippen molar-refractivity contribution in [3.63, 3.8) is 0 Å². The Morgan fingerprint density at radius 3 is 2.93 bits per heavy atom. The topological polar surface area (TPSA) is 47.8 Å². The average molecular weight is 187 g/mol. The number of hydrogen-bond acceptors (Lipinski definition) is 3. The molecule has 0 radical (unpaired) electrons. The zero-order chi connectivity index (χ0) is 9.97. The van der Waals surface area contributed by atoms with Crippen molar-refractivity contribution < 1.29 is 4.79 Å². The molecule has 0 atom stereocenters. The molecule has 0 N–H and O–H groups in total. The molecule has 0 aliphatic heterocycles. The minimum Gasteiger partial charge on any atom is -0.294 e. The summed E-state index contributed by atoms with van der Waals surface area (Å²) in [7, 11) is 0. The lowest BCUT2D eigenvalue weighted by molar-refractivity contribution is 0.101. The number of hydrogen-bond donors (Lipinski definition) is 0. The lowest BCUT2D eigenvalue weighted by Gasteiger charge is -2.04. The highest BCUT2D eigenvalue weighted by Crippen LogP contribution is 2.10. The van der Waals surface area contributed by atoms with Crippen LogP contribution in [0.3, 0.4) is 0 Å². The number of imidazole rings is 1. The number of aromatic nitrogens is 3. The van der Waals surface area contributed by atoms with Gasteiger partial charge in [-0.05, 0) is 19.1 Å². The summed E-state index contributed by atoms with van der Waals surface area (Å²) in [5, 5.41) is 0. The number of nitrogens with zero attached hydrogens (tertiary/aromatic N) is 3. The zero-order valence-electron chi connectivity index (χ0n) is 7.71. The summed E-state index contributed by atoms with van der Waals surface area (Å²) in [6.45, 7) is 1.53. The highest BCUT2D eigenvalue weighted by molar-refractivity contribution is 5.96. The van der Waals surface area contributed by atoms with Crippen LogP contribution in [-0.4, -0.2) is 20.3 Å². The molecule has 0 aromatic carbocycles. The molecule has 0 aliphatic rings. The van der Waals surface area contributed by atoms with Crippen LogP contribution < -0.4 is 0 Å². The molecule has 2 aromatic heterocycles. The van der Waals surface area contributed by atoms with E-state index in [1.165, 1.54) is 6.92 Å². The third-order valence-corrected chi connectivity index (χ3v) is 1.91. The van der Waals surface area contributed by atoms with Gasteiger partial charge in [0.15, 0.2) is 5.78 Å². The van der Waals surface area contributed by atoms with E-state index in [0.29, 0.717) is 11.4 Å². The van der Waals surface area contributed by atoms with Crippen molar-refractivity contribution >= 4 is 5.78 Å². The molecule has 14 heavy (non-hydrogen) atoms. The molecule has 0 fully saturated rings. The van der Waals surface area contributed by atoms with Crippen LogP contribution in [0.1, 0.15) is 17.3 Å². The standard InChI is InChI=1S/C10H9N3O/c1-8(14)9-3-2-4-12-10(9)13-6-5-11-7-13/h2-7H,1H3. The minimum absolute atomic E-state index is 0.00167. The van der Waals surface area contributed by atoms with Gasteiger partial charge in [0, 0.05) is 18.6 Å². The summed E-state index contributed by atoms with van der Waals surface area (Å²) in [5.41, 5.74) is 0.602. The Balaban J connectivity index is 2.58. The number of carbonyl (C=O) groups excluding carboxylic acids is 1. The molecule has 70 valence electrons. The second-order valence-corrected chi connectivity index (χ2v) is 2.90. The zero-order valence-corrected chi connectivity index (χ0v) is 7.71. The summed E-state index contributed by atoms with van der Waals surface area (Å²) in [5.74, 6) is 0.624. The average Bonchev–Trinajstić information content (AvgIpc) is 2.70. The Morgan fingerprint density at radius 1 is 1.43 bits per heavy atom. The summed E-state index contributed by atoms with van der Waals surface area (Å²) >= 11 is 0. The number of pyridine rings is 1. The first-order valence-corrected chi connectivity index (χ1v) is 4.23. The monoisotopic (exact) mass is 187 g/mol. The van der Waals surface area contributed by atoms with E-state index >= 15 is 0 Å². The molecule has 4 nitrogen and oxygen atoms in total. The van der Waals surface area contributed by atoms with Crippen LogP contribution in [-0.2, 0) is 0 Å². The van der Waals surface area contributed by atoms with Crippen molar-refractivity contribution in [1.82, 2.24) is 14.5 Å². The molecule has 0 saturated carbocycles. The van der Waals surface area contributed by atoms with E-state index in [0.717, 1.165) is 0 Å². The summed E-state index contributed by atoms with van der Waals surface area (Å²) in [6.07, 6.45) is 6.68.